The van der Waals surface area contributed by atoms with E-state index in [1.165, 1.54) is 11.1 Å². The zero-order valence-corrected chi connectivity index (χ0v) is 12.4. The summed E-state index contributed by atoms with van der Waals surface area (Å²) in [6.07, 6.45) is 7.16. The van der Waals surface area contributed by atoms with Gasteiger partial charge in [0.1, 0.15) is 0 Å². The fraction of sp³-hybridized carbons (Fsp3) is 0.471. The standard InChI is InChI=1S/C17H24N2O/c1-19(2)13-16-11-7-6-10-15(16)12-18-17(20)14-8-4-3-5-9-14/h3-4,6-7,10-11,14H,5,8-9,12-13H2,1-2H3,(H,18,20)/t14-/m1/s1. The molecule has 0 saturated carbocycles. The Hall–Kier alpha value is -1.61. The van der Waals surface area contributed by atoms with Crippen molar-refractivity contribution in [1.82, 2.24) is 10.2 Å². The number of nitrogens with one attached hydrogen (secondary N) is 1. The number of nitrogens with zero attached hydrogens (tertiary/aromatic N) is 1. The van der Waals surface area contributed by atoms with Crippen LogP contribution in [0.2, 0.25) is 0 Å². The van der Waals surface area contributed by atoms with Crippen molar-refractivity contribution in [1.29, 1.82) is 0 Å². The maximum Gasteiger partial charge on any atom is 0.223 e. The molecule has 0 bridgehead atoms. The number of hydrogen-bond acceptors (Lipinski definition) is 2. The van der Waals surface area contributed by atoms with E-state index >= 15 is 0 Å². The molecule has 20 heavy (non-hydrogen) atoms. The minimum absolute atomic E-state index is 0.154. The molecule has 0 fully saturated rings. The fourth-order valence-corrected chi connectivity index (χ4v) is 2.58. The van der Waals surface area contributed by atoms with Crippen molar-refractivity contribution in [3.8, 4) is 0 Å². The van der Waals surface area contributed by atoms with E-state index in [1.54, 1.807) is 0 Å². The van der Waals surface area contributed by atoms with E-state index < -0.39 is 0 Å². The lowest BCUT2D eigenvalue weighted by Gasteiger charge is -2.19. The molecular formula is C17H24N2O. The molecular weight excluding hydrogens is 248 g/mol. The summed E-state index contributed by atoms with van der Waals surface area (Å²) in [5.41, 5.74) is 2.49. The normalized spacial score (nSPS) is 18.2. The third-order valence-electron chi connectivity index (χ3n) is 3.70. The highest BCUT2D eigenvalue weighted by Gasteiger charge is 2.18. The molecule has 0 unspecified atom stereocenters. The first-order valence-electron chi connectivity index (χ1n) is 7.31. The summed E-state index contributed by atoms with van der Waals surface area (Å²) in [5.74, 6) is 0.343. The van der Waals surface area contributed by atoms with Crippen molar-refractivity contribution < 1.29 is 4.79 Å². The summed E-state index contributed by atoms with van der Waals surface area (Å²) in [5, 5.41) is 3.09. The van der Waals surface area contributed by atoms with Gasteiger partial charge in [0.25, 0.3) is 0 Å². The number of hydrogen-bond donors (Lipinski definition) is 1. The average Bonchev–Trinajstić information content (AvgIpc) is 2.46. The van der Waals surface area contributed by atoms with Gasteiger partial charge in [0.05, 0.1) is 0 Å². The van der Waals surface area contributed by atoms with Crippen LogP contribution < -0.4 is 5.32 Å². The van der Waals surface area contributed by atoms with Crippen LogP contribution in [0.4, 0.5) is 0 Å². The molecule has 1 atom stereocenters. The first-order chi connectivity index (χ1) is 9.66. The second-order valence-electron chi connectivity index (χ2n) is 5.71. The van der Waals surface area contributed by atoms with Gasteiger partial charge in [0.15, 0.2) is 0 Å². The molecule has 0 spiro atoms. The number of amides is 1. The van der Waals surface area contributed by atoms with E-state index in [4.69, 9.17) is 0 Å². The summed E-state index contributed by atoms with van der Waals surface area (Å²) >= 11 is 0. The molecule has 1 aromatic carbocycles. The second kappa shape index (κ2) is 7.25. The Kier molecular flexibility index (Phi) is 5.36. The Balaban J connectivity index is 1.93. The van der Waals surface area contributed by atoms with Crippen LogP contribution in [-0.4, -0.2) is 24.9 Å². The lowest BCUT2D eigenvalue weighted by molar-refractivity contribution is -0.125. The molecule has 1 aromatic rings. The lowest BCUT2D eigenvalue weighted by atomic mass is 9.93. The second-order valence-corrected chi connectivity index (χ2v) is 5.71. The highest BCUT2D eigenvalue weighted by Crippen LogP contribution is 2.18. The molecule has 0 aromatic heterocycles. The van der Waals surface area contributed by atoms with Gasteiger partial charge in [0, 0.05) is 19.0 Å². The van der Waals surface area contributed by atoms with Crippen LogP contribution >= 0.6 is 0 Å². The number of benzene rings is 1. The van der Waals surface area contributed by atoms with Crippen LogP contribution in [0.1, 0.15) is 30.4 Å². The molecule has 0 heterocycles. The van der Waals surface area contributed by atoms with Gasteiger partial charge < -0.3 is 10.2 Å². The highest BCUT2D eigenvalue weighted by molar-refractivity contribution is 5.79. The Morgan fingerprint density at radius 2 is 2.00 bits per heavy atom. The lowest BCUT2D eigenvalue weighted by Crippen LogP contribution is -2.31. The molecule has 2 rings (SSSR count). The molecule has 108 valence electrons. The summed E-state index contributed by atoms with van der Waals surface area (Å²) in [4.78, 5) is 14.3. The van der Waals surface area contributed by atoms with Gasteiger partial charge in [-0.15, -0.1) is 0 Å². The van der Waals surface area contributed by atoms with E-state index in [1.807, 2.05) is 6.07 Å². The zero-order valence-electron chi connectivity index (χ0n) is 12.4. The number of carbonyl (C=O) groups is 1. The molecule has 1 amide bonds. The van der Waals surface area contributed by atoms with Gasteiger partial charge in [-0.1, -0.05) is 36.4 Å². The van der Waals surface area contributed by atoms with Crippen molar-refractivity contribution in [3.63, 3.8) is 0 Å². The van der Waals surface area contributed by atoms with E-state index in [2.05, 4.69) is 54.7 Å². The number of rotatable bonds is 5. The molecule has 1 N–H and O–H groups in total. The predicted octanol–water partition coefficient (Wildman–Crippen LogP) is 2.72. The van der Waals surface area contributed by atoms with E-state index in [0.717, 1.165) is 25.8 Å². The monoisotopic (exact) mass is 272 g/mol. The molecule has 3 heteroatoms. The maximum atomic E-state index is 12.1. The fourth-order valence-electron chi connectivity index (χ4n) is 2.58. The smallest absolute Gasteiger partial charge is 0.223 e. The molecule has 3 nitrogen and oxygen atoms in total. The van der Waals surface area contributed by atoms with E-state index in [-0.39, 0.29) is 11.8 Å². The highest BCUT2D eigenvalue weighted by atomic mass is 16.1. The molecule has 1 aliphatic rings. The Labute approximate surface area is 121 Å². The van der Waals surface area contributed by atoms with E-state index in [0.29, 0.717) is 6.54 Å². The predicted molar refractivity (Wildman–Crippen MR) is 82.2 cm³/mol. The molecule has 0 radical (unpaired) electrons. The van der Waals surface area contributed by atoms with Crippen molar-refractivity contribution >= 4 is 5.91 Å². The van der Waals surface area contributed by atoms with Crippen LogP contribution in [0.25, 0.3) is 0 Å². The molecule has 0 aliphatic heterocycles. The van der Waals surface area contributed by atoms with Crippen LogP contribution in [-0.2, 0) is 17.9 Å². The molecule has 0 saturated heterocycles. The Bertz CT molecular complexity index is 480. The number of carbonyl (C=O) groups excluding carboxylic acids is 1. The Morgan fingerprint density at radius 1 is 1.25 bits per heavy atom. The number of allylic oxidation sites excluding steroid dienone is 2. The van der Waals surface area contributed by atoms with Crippen LogP contribution in [0.5, 0.6) is 0 Å². The van der Waals surface area contributed by atoms with Crippen LogP contribution in [0, 0.1) is 5.92 Å². The van der Waals surface area contributed by atoms with Crippen molar-refractivity contribution in [3.05, 3.63) is 47.5 Å². The van der Waals surface area contributed by atoms with Gasteiger partial charge in [-0.2, -0.15) is 0 Å². The third kappa shape index (κ3) is 4.20. The van der Waals surface area contributed by atoms with E-state index in [9.17, 15) is 4.79 Å². The average molecular weight is 272 g/mol. The van der Waals surface area contributed by atoms with Gasteiger partial charge in [-0.3, -0.25) is 4.79 Å². The summed E-state index contributed by atoms with van der Waals surface area (Å²) in [7, 11) is 4.12. The van der Waals surface area contributed by atoms with Crippen molar-refractivity contribution in [2.24, 2.45) is 5.92 Å². The van der Waals surface area contributed by atoms with Gasteiger partial charge in [0.2, 0.25) is 5.91 Å². The van der Waals surface area contributed by atoms with Crippen LogP contribution in [0.15, 0.2) is 36.4 Å². The van der Waals surface area contributed by atoms with Gasteiger partial charge in [-0.05, 0) is 44.5 Å². The Morgan fingerprint density at radius 3 is 2.65 bits per heavy atom. The van der Waals surface area contributed by atoms with Gasteiger partial charge >= 0.3 is 0 Å². The third-order valence-corrected chi connectivity index (χ3v) is 3.70. The van der Waals surface area contributed by atoms with Crippen molar-refractivity contribution in [2.45, 2.75) is 32.4 Å². The maximum absolute atomic E-state index is 12.1. The van der Waals surface area contributed by atoms with Gasteiger partial charge in [-0.25, -0.2) is 0 Å². The first kappa shape index (κ1) is 14.8. The quantitative estimate of drug-likeness (QED) is 0.836. The summed E-state index contributed by atoms with van der Waals surface area (Å²) < 4.78 is 0. The minimum Gasteiger partial charge on any atom is -0.352 e. The largest absolute Gasteiger partial charge is 0.352 e. The summed E-state index contributed by atoms with van der Waals surface area (Å²) in [6, 6.07) is 8.31. The summed E-state index contributed by atoms with van der Waals surface area (Å²) in [6.45, 7) is 1.53. The zero-order chi connectivity index (χ0) is 14.4. The van der Waals surface area contributed by atoms with Crippen LogP contribution in [0.3, 0.4) is 0 Å². The molecule has 1 aliphatic carbocycles. The topological polar surface area (TPSA) is 32.3 Å². The SMILES string of the molecule is CN(C)Cc1ccccc1CNC(=O)[C@@H]1CC=CCC1. The minimum atomic E-state index is 0.154. The van der Waals surface area contributed by atoms with Crippen molar-refractivity contribution in [2.75, 3.05) is 14.1 Å². The first-order valence-corrected chi connectivity index (χ1v) is 7.31.